The molecule has 0 aliphatic carbocycles. The minimum atomic E-state index is -0.761. The molecule has 0 heterocycles. The van der Waals surface area contributed by atoms with Crippen LogP contribution in [0.4, 0.5) is 0 Å². The van der Waals surface area contributed by atoms with Crippen molar-refractivity contribution in [3.8, 4) is 0 Å². The summed E-state index contributed by atoms with van der Waals surface area (Å²) in [7, 11) is 0. The highest BCUT2D eigenvalue weighted by molar-refractivity contribution is 5.71. The largest absolute Gasteiger partial charge is 0.462 e. The van der Waals surface area contributed by atoms with E-state index in [0.29, 0.717) is 19.3 Å². The Morgan fingerprint density at radius 3 is 0.766 bits per heavy atom. The summed E-state index contributed by atoms with van der Waals surface area (Å²) < 4.78 is 16.9. The van der Waals surface area contributed by atoms with E-state index in [4.69, 9.17) is 14.2 Å². The van der Waals surface area contributed by atoms with Gasteiger partial charge in [0.2, 0.25) is 0 Å². The highest BCUT2D eigenvalue weighted by atomic mass is 16.6. The van der Waals surface area contributed by atoms with E-state index in [1.807, 2.05) is 0 Å². The van der Waals surface area contributed by atoms with E-state index in [-0.39, 0.29) is 31.1 Å². The summed E-state index contributed by atoms with van der Waals surface area (Å²) in [5.74, 6) is 0.00501. The van der Waals surface area contributed by atoms with Crippen molar-refractivity contribution >= 4 is 17.9 Å². The number of ether oxygens (including phenoxy) is 3. The van der Waals surface area contributed by atoms with Crippen LogP contribution in [0.1, 0.15) is 329 Å². The maximum absolute atomic E-state index is 12.8. The average Bonchev–Trinajstić information content (AvgIpc) is 3.28. The molecular formula is C58H112O6. The molecule has 1 atom stereocenters. The van der Waals surface area contributed by atoms with Gasteiger partial charge in [-0.05, 0) is 25.2 Å². The van der Waals surface area contributed by atoms with Gasteiger partial charge in [0.15, 0.2) is 6.10 Å². The molecule has 6 heteroatoms. The second-order valence-corrected chi connectivity index (χ2v) is 20.4. The average molecular weight is 906 g/mol. The van der Waals surface area contributed by atoms with E-state index in [0.717, 1.165) is 63.7 Å². The van der Waals surface area contributed by atoms with Crippen molar-refractivity contribution in [2.45, 2.75) is 336 Å². The molecule has 64 heavy (non-hydrogen) atoms. The number of hydrogen-bond acceptors (Lipinski definition) is 6. The fourth-order valence-electron chi connectivity index (χ4n) is 8.92. The molecule has 0 aromatic rings. The lowest BCUT2D eigenvalue weighted by Gasteiger charge is -2.18. The Hall–Kier alpha value is -1.59. The fourth-order valence-corrected chi connectivity index (χ4v) is 8.92. The minimum Gasteiger partial charge on any atom is -0.462 e. The van der Waals surface area contributed by atoms with Gasteiger partial charge < -0.3 is 14.2 Å². The molecule has 0 aliphatic heterocycles. The molecule has 0 aliphatic rings. The Morgan fingerprint density at radius 2 is 0.516 bits per heavy atom. The number of carbonyl (C=O) groups excluding carboxylic acids is 3. The van der Waals surface area contributed by atoms with Crippen LogP contribution in [0, 0.1) is 5.92 Å². The molecule has 0 aromatic carbocycles. The number of rotatable bonds is 53. The zero-order valence-electron chi connectivity index (χ0n) is 43.8. The molecule has 0 aromatic heterocycles. The van der Waals surface area contributed by atoms with Crippen molar-refractivity contribution < 1.29 is 28.6 Å². The lowest BCUT2D eigenvalue weighted by molar-refractivity contribution is -0.167. The number of hydrogen-bond donors (Lipinski definition) is 0. The third kappa shape index (κ3) is 51.4. The molecular weight excluding hydrogens is 793 g/mol. The van der Waals surface area contributed by atoms with Crippen LogP contribution in [0.15, 0.2) is 0 Å². The zero-order valence-corrected chi connectivity index (χ0v) is 43.8. The van der Waals surface area contributed by atoms with Gasteiger partial charge in [-0.1, -0.05) is 291 Å². The number of esters is 3. The van der Waals surface area contributed by atoms with Gasteiger partial charge in [-0.15, -0.1) is 0 Å². The normalized spacial score (nSPS) is 12.0. The minimum absolute atomic E-state index is 0.0618. The van der Waals surface area contributed by atoms with E-state index >= 15 is 0 Å². The summed E-state index contributed by atoms with van der Waals surface area (Å²) in [5.41, 5.74) is 0. The molecule has 0 rings (SSSR count). The van der Waals surface area contributed by atoms with Gasteiger partial charge >= 0.3 is 17.9 Å². The first-order valence-corrected chi connectivity index (χ1v) is 28.9. The fraction of sp³-hybridized carbons (Fsp3) is 0.948. The van der Waals surface area contributed by atoms with Gasteiger partial charge in [-0.3, -0.25) is 14.4 Å². The van der Waals surface area contributed by atoms with Gasteiger partial charge in [0.25, 0.3) is 0 Å². The van der Waals surface area contributed by atoms with E-state index < -0.39 is 6.10 Å². The first-order valence-electron chi connectivity index (χ1n) is 28.9. The molecule has 0 saturated carbocycles. The van der Waals surface area contributed by atoms with Crippen LogP contribution < -0.4 is 0 Å². The molecule has 0 saturated heterocycles. The SMILES string of the molecule is CCCCCCCCCCCCCCCCCCC(=O)O[C@@H](COC(=O)CCCCCCCCCCCCCCCC)COC(=O)CCCCCCCCCCCCCCCC(C)C. The van der Waals surface area contributed by atoms with E-state index in [2.05, 4.69) is 27.7 Å². The van der Waals surface area contributed by atoms with Gasteiger partial charge in [-0.2, -0.15) is 0 Å². The summed E-state index contributed by atoms with van der Waals surface area (Å²) >= 11 is 0. The molecule has 0 fully saturated rings. The topological polar surface area (TPSA) is 78.9 Å². The summed E-state index contributed by atoms with van der Waals surface area (Å²) in [5, 5.41) is 0. The number of carbonyl (C=O) groups is 3. The Morgan fingerprint density at radius 1 is 0.297 bits per heavy atom. The molecule has 380 valence electrons. The highest BCUT2D eigenvalue weighted by Crippen LogP contribution is 2.18. The number of unbranched alkanes of at least 4 members (excludes halogenated alkanes) is 40. The Kier molecular flexibility index (Phi) is 51.1. The maximum Gasteiger partial charge on any atom is 0.306 e. The third-order valence-electron chi connectivity index (χ3n) is 13.3. The first-order chi connectivity index (χ1) is 31.4. The highest BCUT2D eigenvalue weighted by Gasteiger charge is 2.19. The van der Waals surface area contributed by atoms with Gasteiger partial charge in [0.05, 0.1) is 0 Å². The maximum atomic E-state index is 12.8. The molecule has 0 spiro atoms. The first kappa shape index (κ1) is 62.4. The molecule has 0 N–H and O–H groups in total. The summed E-state index contributed by atoms with van der Waals surface area (Å²) in [6, 6.07) is 0. The van der Waals surface area contributed by atoms with Crippen LogP contribution in [0.2, 0.25) is 0 Å². The van der Waals surface area contributed by atoms with Crippen LogP contribution >= 0.6 is 0 Å². The summed E-state index contributed by atoms with van der Waals surface area (Å²) in [6.07, 6.45) is 56.6. The second-order valence-electron chi connectivity index (χ2n) is 20.4. The van der Waals surface area contributed by atoms with Crippen molar-refractivity contribution in [3.05, 3.63) is 0 Å². The quantitative estimate of drug-likeness (QED) is 0.0344. The Balaban J connectivity index is 4.30. The zero-order chi connectivity index (χ0) is 46.7. The molecule has 0 radical (unpaired) electrons. The predicted molar refractivity (Wildman–Crippen MR) is 275 cm³/mol. The summed E-state index contributed by atoms with van der Waals surface area (Å²) in [6.45, 7) is 9.06. The standard InChI is InChI=1S/C58H112O6/c1-5-7-9-11-13-15-17-19-21-22-26-31-35-39-43-47-51-58(61)64-55(52-62-56(59)49-45-41-37-33-29-25-20-18-16-14-12-10-8-6-2)53-63-57(60)50-46-42-38-34-30-27-23-24-28-32-36-40-44-48-54(3)4/h54-55H,5-53H2,1-4H3/t55-/m0/s1. The van der Waals surface area contributed by atoms with Crippen molar-refractivity contribution in [2.75, 3.05) is 13.2 Å². The van der Waals surface area contributed by atoms with Crippen LogP contribution in [0.5, 0.6) is 0 Å². The lowest BCUT2D eigenvalue weighted by atomic mass is 10.0. The predicted octanol–water partition coefficient (Wildman–Crippen LogP) is 19.0. The monoisotopic (exact) mass is 905 g/mol. The van der Waals surface area contributed by atoms with Crippen LogP contribution in [0.25, 0.3) is 0 Å². The third-order valence-corrected chi connectivity index (χ3v) is 13.3. The lowest BCUT2D eigenvalue weighted by Crippen LogP contribution is -2.30. The van der Waals surface area contributed by atoms with Crippen molar-refractivity contribution in [3.63, 3.8) is 0 Å². The van der Waals surface area contributed by atoms with Crippen molar-refractivity contribution in [1.29, 1.82) is 0 Å². The second kappa shape index (κ2) is 52.4. The van der Waals surface area contributed by atoms with Crippen molar-refractivity contribution in [1.82, 2.24) is 0 Å². The smallest absolute Gasteiger partial charge is 0.306 e. The summed E-state index contributed by atoms with van der Waals surface area (Å²) in [4.78, 5) is 38.1. The van der Waals surface area contributed by atoms with Crippen molar-refractivity contribution in [2.24, 2.45) is 5.92 Å². The van der Waals surface area contributed by atoms with Crippen LogP contribution in [-0.2, 0) is 28.6 Å². The molecule has 0 amide bonds. The van der Waals surface area contributed by atoms with Gasteiger partial charge in [-0.25, -0.2) is 0 Å². The van der Waals surface area contributed by atoms with Crippen LogP contribution in [0.3, 0.4) is 0 Å². The van der Waals surface area contributed by atoms with E-state index in [9.17, 15) is 14.4 Å². The molecule has 6 nitrogen and oxygen atoms in total. The Bertz CT molecular complexity index is 964. The van der Waals surface area contributed by atoms with E-state index in [1.165, 1.54) is 225 Å². The molecule has 0 bridgehead atoms. The Labute approximate surface area is 399 Å². The van der Waals surface area contributed by atoms with Crippen LogP contribution in [-0.4, -0.2) is 37.2 Å². The van der Waals surface area contributed by atoms with E-state index in [1.54, 1.807) is 0 Å². The van der Waals surface area contributed by atoms with Gasteiger partial charge in [0.1, 0.15) is 13.2 Å². The van der Waals surface area contributed by atoms with Gasteiger partial charge in [0, 0.05) is 19.3 Å². The molecule has 0 unspecified atom stereocenters.